The fraction of sp³-hybridized carbons (Fsp3) is 0.167. The van der Waals surface area contributed by atoms with E-state index in [4.69, 9.17) is 29.5 Å². The van der Waals surface area contributed by atoms with Gasteiger partial charge in [-0.15, -0.1) is 11.3 Å². The summed E-state index contributed by atoms with van der Waals surface area (Å²) in [6, 6.07) is 64.9. The van der Waals surface area contributed by atoms with Crippen molar-refractivity contribution < 1.29 is 33.4 Å². The van der Waals surface area contributed by atoms with Crippen molar-refractivity contribution >= 4 is 92.0 Å². The normalized spacial score (nSPS) is 13.8. The van der Waals surface area contributed by atoms with Crippen LogP contribution in [-0.2, 0) is 20.6 Å². The molecule has 33 heteroatoms. The summed E-state index contributed by atoms with van der Waals surface area (Å²) in [5, 5.41) is 23.2. The van der Waals surface area contributed by atoms with Gasteiger partial charge in [-0.3, -0.25) is 33.6 Å². The number of thiazole rings is 1. The van der Waals surface area contributed by atoms with Crippen molar-refractivity contribution in [2.24, 2.45) is 4.99 Å². The monoisotopic (exact) mass is 1880 g/mol. The highest BCUT2D eigenvalue weighted by atomic mass is 32.1. The Morgan fingerprint density at radius 3 is 1.22 bits per heavy atom. The zero-order valence-corrected chi connectivity index (χ0v) is 77.1. The number of imidazole rings is 4. The number of amides is 4. The highest BCUT2D eigenvalue weighted by molar-refractivity contribution is 7.13. The molecule has 5 aliphatic rings. The van der Waals surface area contributed by atoms with Crippen molar-refractivity contribution in [1.82, 2.24) is 108 Å². The SMILES string of the molecule is CN1CCN(C(=O)c2ccc(-c3ccc4ncc(C#Cc5ccc6c(c5)N=CC6)n4c3)cc2)CC1.O=C(c1ccc(-c2ccc3ncc(C#Cc4ccnc(Nc5ccncn5)c4)n3n2)cc1)N1CCOCC1.O=C(c1ccc(-c2ccc3ncc(C#Cc4ccnc(Nc5nccs5)c4)n3n2)cc1)N1CCOCC1.O=C(c1ccc(-c2ccc3ncc(C#Cc4ccncc4)n3n2)cc1)N1CCOCC1. The minimum absolute atomic E-state index is 0.0157. The summed E-state index contributed by atoms with van der Waals surface area (Å²) in [5.74, 6) is 27.5. The van der Waals surface area contributed by atoms with E-state index in [9.17, 15) is 19.2 Å². The van der Waals surface area contributed by atoms with E-state index in [2.05, 4.69) is 143 Å². The molecular weight excluding hydrogens is 1790 g/mol. The molecule has 0 spiro atoms. The Labute approximate surface area is 813 Å². The van der Waals surface area contributed by atoms with Crippen molar-refractivity contribution in [2.45, 2.75) is 6.42 Å². The predicted octanol–water partition coefficient (Wildman–Crippen LogP) is 13.8. The van der Waals surface area contributed by atoms with Crippen LogP contribution >= 0.6 is 11.3 Å². The fourth-order valence-corrected chi connectivity index (χ4v) is 16.5. The minimum Gasteiger partial charge on any atom is -0.378 e. The van der Waals surface area contributed by atoms with Gasteiger partial charge in [0.15, 0.2) is 22.1 Å². The van der Waals surface area contributed by atoms with Crippen LogP contribution < -0.4 is 10.6 Å². The number of aliphatic imine (C=N–C) groups is 1. The molecule has 5 aromatic carbocycles. The third-order valence-corrected chi connectivity index (χ3v) is 24.4. The van der Waals surface area contributed by atoms with E-state index in [1.54, 1.807) is 81.6 Å². The summed E-state index contributed by atoms with van der Waals surface area (Å²) in [5.41, 5.74) is 21.3. The molecular formula is C108H87N25O7S. The van der Waals surface area contributed by atoms with Gasteiger partial charge in [0.25, 0.3) is 23.6 Å². The number of morpholine rings is 3. The molecule has 0 saturated carbocycles. The first-order chi connectivity index (χ1) is 69.4. The second-order valence-corrected chi connectivity index (χ2v) is 33.8. The van der Waals surface area contributed by atoms with Gasteiger partial charge in [-0.1, -0.05) is 78.3 Å². The standard InChI is InChI=1S/C29H25N5O.C28H22N8O2.C27H21N7O2S.C24H19N5O2/c1-32-14-16-33(17-15-32)29(35)24-7-5-22(6-8-24)25-9-11-28-31-19-26(34(28)20-25)10-3-21-2-4-23-12-13-30-27(23)18-21;37-28(35-13-15-38-16-14-35)22-4-2-21(3-5-22)24-7-8-27-31-18-23(36(27)34-24)6-1-20-9-12-30-26(17-20)33-25-10-11-29-19-32-25;35-26(33-12-14-36-15-13-33)21-4-2-20(3-5-21)23-7-8-25-30-18-22(34(25)32-23)6-1-19-9-10-28-24(17-19)31-27-29-11-16-37-27;30-24(28-13-15-31-16-14-28)20-4-2-19(3-5-20)22-7-8-23-26-17-21(29(23)27-22)6-1-18-9-11-25-12-10-18/h2,4-9,11,13,18-20H,12,14-17H2,1H3;2-5,7-12,17-19H,13-16H2,(H,29,30,32,33);2-5,7-11,16-18H,12-15H2,(H,28,29,31);2-5,7-12,17H,13-16H2. The van der Waals surface area contributed by atoms with Crippen molar-refractivity contribution in [3.63, 3.8) is 0 Å². The van der Waals surface area contributed by atoms with E-state index in [0.29, 0.717) is 141 Å². The number of rotatable bonds is 12. The lowest BCUT2D eigenvalue weighted by Crippen LogP contribution is -2.47. The quantitative estimate of drug-likeness (QED) is 0.107. The molecule has 2 N–H and O–H groups in total. The zero-order valence-electron chi connectivity index (χ0n) is 76.3. The highest BCUT2D eigenvalue weighted by Crippen LogP contribution is 2.30. The van der Waals surface area contributed by atoms with Crippen molar-refractivity contribution in [3.05, 3.63) is 359 Å². The van der Waals surface area contributed by atoms with Gasteiger partial charge in [0.05, 0.1) is 87.2 Å². The molecule has 13 aromatic heterocycles. The second-order valence-electron chi connectivity index (χ2n) is 32.9. The Hall–Kier alpha value is -18.0. The van der Waals surface area contributed by atoms with Crippen LogP contribution in [-0.4, -0.2) is 250 Å². The Balaban J connectivity index is 0.000000116. The average molecular weight is 1880 g/mol. The predicted molar refractivity (Wildman–Crippen MR) is 535 cm³/mol. The maximum atomic E-state index is 12.9. The molecule has 4 fully saturated rings. The summed E-state index contributed by atoms with van der Waals surface area (Å²) in [6.45, 7) is 10.6. The maximum Gasteiger partial charge on any atom is 0.254 e. The number of nitrogens with one attached hydrogen (secondary N) is 2. The number of nitrogens with zero attached hydrogens (tertiary/aromatic N) is 23. The van der Waals surface area contributed by atoms with Crippen LogP contribution in [0.25, 0.3) is 67.5 Å². The molecule has 23 rings (SSSR count). The van der Waals surface area contributed by atoms with Crippen LogP contribution in [0.5, 0.6) is 0 Å². The topological polar surface area (TPSA) is 334 Å². The Morgan fingerprint density at radius 1 is 0.340 bits per heavy atom. The van der Waals surface area contributed by atoms with E-state index >= 15 is 0 Å². The van der Waals surface area contributed by atoms with Crippen LogP contribution in [0.1, 0.15) is 92.0 Å². The number of carbonyl (C=O) groups excluding carboxylic acids is 4. The first-order valence-electron chi connectivity index (χ1n) is 45.6. The van der Waals surface area contributed by atoms with Gasteiger partial charge in [0, 0.05) is 188 Å². The summed E-state index contributed by atoms with van der Waals surface area (Å²) in [7, 11) is 2.09. The molecule has 18 aromatic rings. The van der Waals surface area contributed by atoms with Crippen molar-refractivity contribution in [1.29, 1.82) is 0 Å². The third-order valence-electron chi connectivity index (χ3n) is 23.7. The summed E-state index contributed by atoms with van der Waals surface area (Å²) < 4.78 is 23.2. The molecule has 0 unspecified atom stereocenters. The summed E-state index contributed by atoms with van der Waals surface area (Å²) in [6.07, 6.45) is 23.5. The maximum absolute atomic E-state index is 12.9. The van der Waals surface area contributed by atoms with Gasteiger partial charge in [0.2, 0.25) is 0 Å². The summed E-state index contributed by atoms with van der Waals surface area (Å²) >= 11 is 1.50. The van der Waals surface area contributed by atoms with E-state index in [-0.39, 0.29) is 23.6 Å². The largest absolute Gasteiger partial charge is 0.378 e. The fourth-order valence-electron chi connectivity index (χ4n) is 16.0. The Morgan fingerprint density at radius 2 is 0.752 bits per heavy atom. The summed E-state index contributed by atoms with van der Waals surface area (Å²) in [4.78, 5) is 108. The molecule has 0 aliphatic carbocycles. The average Bonchev–Trinajstić information content (AvgIpc) is 1.65. The van der Waals surface area contributed by atoms with Gasteiger partial charge < -0.3 is 49.3 Å². The number of aromatic nitrogens is 17. The van der Waals surface area contributed by atoms with Gasteiger partial charge in [0.1, 0.15) is 52.2 Å². The van der Waals surface area contributed by atoms with Crippen molar-refractivity contribution in [3.8, 4) is 92.3 Å². The number of pyridine rings is 4. The number of ether oxygens (including phenoxy) is 3. The third kappa shape index (κ3) is 22.1. The van der Waals surface area contributed by atoms with E-state index in [1.807, 2.05) is 224 Å². The Bertz CT molecular complexity index is 7920. The number of carbonyl (C=O) groups is 4. The van der Waals surface area contributed by atoms with Crippen LogP contribution in [0, 0.1) is 47.4 Å². The molecule has 692 valence electrons. The molecule has 0 bridgehead atoms. The van der Waals surface area contributed by atoms with Gasteiger partial charge >= 0.3 is 0 Å². The molecule has 141 heavy (non-hydrogen) atoms. The Kier molecular flexibility index (Phi) is 27.7. The number of benzene rings is 5. The lowest BCUT2D eigenvalue weighted by Gasteiger charge is -2.32. The lowest BCUT2D eigenvalue weighted by atomic mass is 10.0. The number of fused-ring (bicyclic) bond motifs is 5. The molecule has 0 radical (unpaired) electrons. The molecule has 18 heterocycles. The number of hydrogen-bond acceptors (Lipinski definition) is 25. The number of hydrogen-bond donors (Lipinski definition) is 2. The molecule has 4 saturated heterocycles. The van der Waals surface area contributed by atoms with E-state index in [0.717, 1.165) is 133 Å². The van der Waals surface area contributed by atoms with Crippen molar-refractivity contribution in [2.75, 3.05) is 123 Å². The minimum atomic E-state index is 0.0157. The van der Waals surface area contributed by atoms with Gasteiger partial charge in [-0.25, -0.2) is 58.4 Å². The molecule has 4 amide bonds. The number of piperazine rings is 1. The van der Waals surface area contributed by atoms with Gasteiger partial charge in [-0.2, -0.15) is 15.3 Å². The second kappa shape index (κ2) is 42.9. The smallest absolute Gasteiger partial charge is 0.254 e. The molecule has 5 aliphatic heterocycles. The number of likely N-dealkylation sites (N-methyl/N-ethyl adjacent to an activating group) is 1. The zero-order chi connectivity index (χ0) is 95.6. The molecule has 32 nitrogen and oxygen atoms in total. The van der Waals surface area contributed by atoms with Crippen LogP contribution in [0.2, 0.25) is 0 Å². The first-order valence-corrected chi connectivity index (χ1v) is 46.5. The van der Waals surface area contributed by atoms with E-state index < -0.39 is 0 Å². The lowest BCUT2D eigenvalue weighted by molar-refractivity contribution is 0.0301. The van der Waals surface area contributed by atoms with E-state index in [1.165, 1.54) is 23.2 Å². The first kappa shape index (κ1) is 90.8. The van der Waals surface area contributed by atoms with Crippen LogP contribution in [0.3, 0.4) is 0 Å². The molecule has 0 atom stereocenters. The highest BCUT2D eigenvalue weighted by Gasteiger charge is 2.25. The van der Waals surface area contributed by atoms with Crippen LogP contribution in [0.15, 0.2) is 291 Å². The number of anilines is 4. The van der Waals surface area contributed by atoms with Crippen LogP contribution in [0.4, 0.5) is 28.3 Å². The van der Waals surface area contributed by atoms with Gasteiger partial charge in [-0.05, 0) is 199 Å².